The van der Waals surface area contributed by atoms with E-state index in [1.54, 1.807) is 4.90 Å². The lowest BCUT2D eigenvalue weighted by Gasteiger charge is -2.32. The summed E-state index contributed by atoms with van der Waals surface area (Å²) in [6, 6.07) is 2.70. The number of halogens is 1. The summed E-state index contributed by atoms with van der Waals surface area (Å²) in [5.41, 5.74) is 0.906. The quantitative estimate of drug-likeness (QED) is 0.782. The van der Waals surface area contributed by atoms with Crippen molar-refractivity contribution in [3.8, 4) is 0 Å². The first-order valence-electron chi connectivity index (χ1n) is 8.31. The van der Waals surface area contributed by atoms with Gasteiger partial charge < -0.3 is 9.64 Å². The molecule has 130 valence electrons. The second kappa shape index (κ2) is 5.75. The van der Waals surface area contributed by atoms with Crippen LogP contribution in [0.2, 0.25) is 0 Å². The molecule has 1 atom stereocenters. The van der Waals surface area contributed by atoms with Gasteiger partial charge in [-0.25, -0.2) is 4.39 Å². The Bertz CT molecular complexity index is 862. The molecule has 1 aromatic heterocycles. The Labute approximate surface area is 144 Å². The minimum atomic E-state index is -0.586. The predicted octanol–water partition coefficient (Wildman–Crippen LogP) is 2.18. The molecule has 0 N–H and O–H groups in total. The highest BCUT2D eigenvalue weighted by Crippen LogP contribution is 2.59. The second-order valence-electron chi connectivity index (χ2n) is 6.81. The number of carbonyl (C=O) groups excluding carboxylic acids is 2. The third-order valence-electron chi connectivity index (χ3n) is 5.51. The molecule has 25 heavy (non-hydrogen) atoms. The van der Waals surface area contributed by atoms with Gasteiger partial charge in [0.25, 0.3) is 5.91 Å². The summed E-state index contributed by atoms with van der Waals surface area (Å²) in [5.74, 6) is -1.14. The lowest BCUT2D eigenvalue weighted by molar-refractivity contribution is -0.143. The number of aromatic nitrogens is 2. The van der Waals surface area contributed by atoms with Gasteiger partial charge in [0.1, 0.15) is 5.82 Å². The van der Waals surface area contributed by atoms with E-state index in [-0.39, 0.29) is 28.8 Å². The fourth-order valence-corrected chi connectivity index (χ4v) is 3.85. The predicted molar refractivity (Wildman–Crippen MR) is 87.2 cm³/mol. The molecule has 1 spiro atoms. The van der Waals surface area contributed by atoms with Crippen LogP contribution in [-0.2, 0) is 9.53 Å². The Morgan fingerprint density at radius 1 is 1.20 bits per heavy atom. The first-order chi connectivity index (χ1) is 12.0. The van der Waals surface area contributed by atoms with Gasteiger partial charge in [-0.3, -0.25) is 19.6 Å². The van der Waals surface area contributed by atoms with E-state index >= 15 is 0 Å². The molecular formula is C18H18FN3O3. The van der Waals surface area contributed by atoms with Crippen molar-refractivity contribution in [2.45, 2.75) is 19.3 Å². The van der Waals surface area contributed by atoms with E-state index in [0.29, 0.717) is 24.1 Å². The number of hydrogen-bond acceptors (Lipinski definition) is 5. The lowest BCUT2D eigenvalue weighted by Crippen LogP contribution is -2.40. The molecule has 0 radical (unpaired) electrons. The number of amides is 1. The smallest absolute Gasteiger partial charge is 0.309 e. The highest BCUT2D eigenvalue weighted by molar-refractivity contribution is 5.97. The number of ether oxygens (including phenoxy) is 1. The van der Waals surface area contributed by atoms with Crippen molar-refractivity contribution >= 4 is 22.9 Å². The average molecular weight is 343 g/mol. The third kappa shape index (κ3) is 2.63. The number of piperidine rings is 1. The summed E-state index contributed by atoms with van der Waals surface area (Å²) in [6.45, 7) is 1.04. The molecule has 1 saturated carbocycles. The van der Waals surface area contributed by atoms with Gasteiger partial charge in [-0.1, -0.05) is 0 Å². The van der Waals surface area contributed by atoms with Crippen LogP contribution in [0.5, 0.6) is 0 Å². The number of likely N-dealkylation sites (tertiary alicyclic amines) is 1. The Morgan fingerprint density at radius 3 is 2.48 bits per heavy atom. The van der Waals surface area contributed by atoms with E-state index in [2.05, 4.69) is 9.97 Å². The molecule has 1 aliphatic carbocycles. The summed E-state index contributed by atoms with van der Waals surface area (Å²) >= 11 is 0. The molecule has 1 saturated heterocycles. The van der Waals surface area contributed by atoms with Gasteiger partial charge in [0.15, 0.2) is 0 Å². The average Bonchev–Trinajstić information content (AvgIpc) is 3.34. The zero-order valence-electron chi connectivity index (χ0n) is 13.9. The van der Waals surface area contributed by atoms with E-state index in [0.717, 1.165) is 19.3 Å². The van der Waals surface area contributed by atoms with Crippen molar-refractivity contribution in [2.75, 3.05) is 20.2 Å². The molecule has 2 heterocycles. The van der Waals surface area contributed by atoms with Crippen molar-refractivity contribution in [3.05, 3.63) is 35.9 Å². The molecule has 0 bridgehead atoms. The van der Waals surface area contributed by atoms with Gasteiger partial charge in [0.2, 0.25) is 0 Å². The van der Waals surface area contributed by atoms with E-state index < -0.39 is 5.82 Å². The number of rotatable bonds is 2. The van der Waals surface area contributed by atoms with E-state index in [9.17, 15) is 14.0 Å². The number of methoxy groups -OCH3 is 1. The maximum absolute atomic E-state index is 14.3. The van der Waals surface area contributed by atoms with Gasteiger partial charge in [0, 0.05) is 31.5 Å². The normalized spacial score (nSPS) is 21.4. The molecule has 6 nitrogen and oxygen atoms in total. The molecule has 1 amide bonds. The molecule has 1 unspecified atom stereocenters. The Kier molecular flexibility index (Phi) is 3.67. The summed E-state index contributed by atoms with van der Waals surface area (Å²) in [4.78, 5) is 34.2. The lowest BCUT2D eigenvalue weighted by atomic mass is 9.90. The summed E-state index contributed by atoms with van der Waals surface area (Å²) in [5, 5.41) is 0. The van der Waals surface area contributed by atoms with E-state index in [4.69, 9.17) is 4.74 Å². The van der Waals surface area contributed by atoms with Crippen LogP contribution in [0.15, 0.2) is 24.5 Å². The highest BCUT2D eigenvalue weighted by Gasteiger charge is 2.59. The topological polar surface area (TPSA) is 72.4 Å². The molecule has 2 aliphatic rings. The van der Waals surface area contributed by atoms with Crippen LogP contribution in [0, 0.1) is 17.2 Å². The van der Waals surface area contributed by atoms with Crippen LogP contribution in [0.4, 0.5) is 4.39 Å². The number of carbonyl (C=O) groups is 2. The fraction of sp³-hybridized carbons (Fsp3) is 0.444. The summed E-state index contributed by atoms with van der Waals surface area (Å²) in [7, 11) is 1.40. The van der Waals surface area contributed by atoms with Crippen LogP contribution in [0.25, 0.3) is 11.0 Å². The first kappa shape index (κ1) is 15.9. The summed E-state index contributed by atoms with van der Waals surface area (Å²) in [6.07, 6.45) is 5.31. The maximum Gasteiger partial charge on any atom is 0.309 e. The van der Waals surface area contributed by atoms with Gasteiger partial charge in [-0.05, 0) is 30.7 Å². The van der Waals surface area contributed by atoms with Crippen molar-refractivity contribution in [1.82, 2.24) is 14.9 Å². The number of nitrogens with zero attached hydrogens (tertiary/aromatic N) is 3. The van der Waals surface area contributed by atoms with Gasteiger partial charge in [-0.2, -0.15) is 0 Å². The first-order valence-corrected chi connectivity index (χ1v) is 8.31. The molecule has 1 aliphatic heterocycles. The van der Waals surface area contributed by atoms with Gasteiger partial charge >= 0.3 is 5.97 Å². The number of fused-ring (bicyclic) bond motifs is 1. The van der Waals surface area contributed by atoms with Crippen LogP contribution in [0.3, 0.4) is 0 Å². The molecular weight excluding hydrogens is 325 g/mol. The molecule has 1 aromatic carbocycles. The summed E-state index contributed by atoms with van der Waals surface area (Å²) < 4.78 is 19.1. The molecule has 2 fully saturated rings. The van der Waals surface area contributed by atoms with Crippen LogP contribution in [0.1, 0.15) is 29.6 Å². The monoisotopic (exact) mass is 343 g/mol. The largest absolute Gasteiger partial charge is 0.469 e. The zero-order chi connectivity index (χ0) is 17.6. The van der Waals surface area contributed by atoms with Crippen molar-refractivity contribution in [3.63, 3.8) is 0 Å². The number of benzene rings is 1. The van der Waals surface area contributed by atoms with E-state index in [1.165, 1.54) is 31.6 Å². The molecule has 4 rings (SSSR count). The third-order valence-corrected chi connectivity index (χ3v) is 5.51. The van der Waals surface area contributed by atoms with Crippen LogP contribution < -0.4 is 0 Å². The van der Waals surface area contributed by atoms with Gasteiger partial charge in [-0.15, -0.1) is 0 Å². The number of hydrogen-bond donors (Lipinski definition) is 0. The minimum Gasteiger partial charge on any atom is -0.469 e. The van der Waals surface area contributed by atoms with Crippen LogP contribution in [-0.4, -0.2) is 46.9 Å². The number of esters is 1. The highest BCUT2D eigenvalue weighted by atomic mass is 19.1. The molecule has 2 aromatic rings. The maximum atomic E-state index is 14.3. The molecule has 7 heteroatoms. The van der Waals surface area contributed by atoms with Crippen molar-refractivity contribution in [1.29, 1.82) is 0 Å². The Balaban J connectivity index is 1.50. The second-order valence-corrected chi connectivity index (χ2v) is 6.81. The fourth-order valence-electron chi connectivity index (χ4n) is 3.85. The van der Waals surface area contributed by atoms with Crippen LogP contribution >= 0.6 is 0 Å². The van der Waals surface area contributed by atoms with Crippen molar-refractivity contribution < 1.29 is 18.7 Å². The Hall–Kier alpha value is -2.57. The standard InChI is InChI=1S/C18H18FN3O3/c1-25-17(24)12-10-18(12)2-6-22(7-3-18)16(23)11-8-14-15(9-13(11)19)21-5-4-20-14/h4-5,8-9,12H,2-3,6-7,10H2,1H3. The zero-order valence-corrected chi connectivity index (χ0v) is 13.9. The minimum absolute atomic E-state index is 0.0178. The SMILES string of the molecule is COC(=O)C1CC12CCN(C(=O)c1cc3nccnc3cc1F)CC2. The Morgan fingerprint density at radius 2 is 1.84 bits per heavy atom. The van der Waals surface area contributed by atoms with E-state index in [1.807, 2.05) is 0 Å². The van der Waals surface area contributed by atoms with Crippen molar-refractivity contribution in [2.24, 2.45) is 11.3 Å². The van der Waals surface area contributed by atoms with Gasteiger partial charge in [0.05, 0.1) is 29.6 Å².